The normalized spacial score (nSPS) is 11.3. The number of benzene rings is 2. The summed E-state index contributed by atoms with van der Waals surface area (Å²) in [6.07, 6.45) is 1.83. The molecule has 2 aromatic carbocycles. The standard InChI is InChI=1S/C13H13N/c1-3-14-13-9-8-10(2)11-6-4-5-7-12(11)13/h3-9H,1-2H3/b14-3+. The van der Waals surface area contributed by atoms with Crippen molar-refractivity contribution in [2.75, 3.05) is 0 Å². The van der Waals surface area contributed by atoms with E-state index in [9.17, 15) is 0 Å². The van der Waals surface area contributed by atoms with Crippen LogP contribution in [0.4, 0.5) is 5.69 Å². The second kappa shape index (κ2) is 3.62. The number of fused-ring (bicyclic) bond motifs is 1. The van der Waals surface area contributed by atoms with Crippen molar-refractivity contribution in [2.45, 2.75) is 13.8 Å². The molecule has 70 valence electrons. The van der Waals surface area contributed by atoms with E-state index in [1.54, 1.807) is 0 Å². The maximum atomic E-state index is 4.35. The molecule has 0 saturated carbocycles. The summed E-state index contributed by atoms with van der Waals surface area (Å²) in [5.74, 6) is 0. The van der Waals surface area contributed by atoms with Crippen LogP contribution in [0, 0.1) is 6.92 Å². The number of aliphatic imine (C=N–C) groups is 1. The lowest BCUT2D eigenvalue weighted by atomic mass is 10.0. The van der Waals surface area contributed by atoms with Crippen LogP contribution in [0.25, 0.3) is 10.8 Å². The molecule has 1 heteroatoms. The zero-order chi connectivity index (χ0) is 9.97. The molecule has 0 aliphatic rings. The van der Waals surface area contributed by atoms with E-state index in [-0.39, 0.29) is 0 Å². The maximum absolute atomic E-state index is 4.35. The fraction of sp³-hybridized carbons (Fsp3) is 0.154. The lowest BCUT2D eigenvalue weighted by molar-refractivity contribution is 1.49. The average Bonchev–Trinajstić information content (AvgIpc) is 2.23. The Hall–Kier alpha value is -1.63. The van der Waals surface area contributed by atoms with Crippen molar-refractivity contribution in [2.24, 2.45) is 4.99 Å². The highest BCUT2D eigenvalue weighted by atomic mass is 14.7. The molecule has 0 unspecified atom stereocenters. The molecule has 0 atom stereocenters. The third kappa shape index (κ3) is 1.41. The predicted molar refractivity (Wildman–Crippen MR) is 62.5 cm³/mol. The van der Waals surface area contributed by atoms with Gasteiger partial charge >= 0.3 is 0 Å². The second-order valence-electron chi connectivity index (χ2n) is 3.33. The molecular weight excluding hydrogens is 170 g/mol. The zero-order valence-electron chi connectivity index (χ0n) is 8.49. The molecule has 2 rings (SSSR count). The fourth-order valence-corrected chi connectivity index (χ4v) is 1.69. The molecule has 0 saturated heterocycles. The number of hydrogen-bond acceptors (Lipinski definition) is 1. The highest BCUT2D eigenvalue weighted by Gasteiger charge is 2.00. The van der Waals surface area contributed by atoms with Gasteiger partial charge in [-0.3, -0.25) is 4.99 Å². The average molecular weight is 183 g/mol. The van der Waals surface area contributed by atoms with E-state index in [1.807, 2.05) is 13.1 Å². The summed E-state index contributed by atoms with van der Waals surface area (Å²) in [5, 5.41) is 2.52. The van der Waals surface area contributed by atoms with Crippen LogP contribution in [0.3, 0.4) is 0 Å². The second-order valence-corrected chi connectivity index (χ2v) is 3.33. The van der Waals surface area contributed by atoms with E-state index in [0.717, 1.165) is 5.69 Å². The van der Waals surface area contributed by atoms with Crippen molar-refractivity contribution in [3.63, 3.8) is 0 Å². The van der Waals surface area contributed by atoms with Crippen LogP contribution in [0.1, 0.15) is 12.5 Å². The molecule has 1 nitrogen and oxygen atoms in total. The summed E-state index contributed by atoms with van der Waals surface area (Å²) in [4.78, 5) is 4.35. The molecule has 0 radical (unpaired) electrons. The van der Waals surface area contributed by atoms with Gasteiger partial charge in [-0.25, -0.2) is 0 Å². The Kier molecular flexibility index (Phi) is 2.32. The molecule has 0 bridgehead atoms. The van der Waals surface area contributed by atoms with Gasteiger partial charge in [-0.15, -0.1) is 0 Å². The molecule has 14 heavy (non-hydrogen) atoms. The van der Waals surface area contributed by atoms with Crippen molar-refractivity contribution in [1.82, 2.24) is 0 Å². The zero-order valence-corrected chi connectivity index (χ0v) is 8.49. The molecule has 0 heterocycles. The van der Waals surface area contributed by atoms with E-state index < -0.39 is 0 Å². The molecule has 0 fully saturated rings. The first-order valence-electron chi connectivity index (χ1n) is 4.80. The molecule has 0 aliphatic carbocycles. The van der Waals surface area contributed by atoms with Gasteiger partial charge in [-0.2, -0.15) is 0 Å². The highest BCUT2D eigenvalue weighted by Crippen LogP contribution is 2.27. The van der Waals surface area contributed by atoms with Crippen LogP contribution in [0.5, 0.6) is 0 Å². The first-order valence-corrected chi connectivity index (χ1v) is 4.80. The Morgan fingerprint density at radius 1 is 1.00 bits per heavy atom. The topological polar surface area (TPSA) is 12.4 Å². The van der Waals surface area contributed by atoms with Crippen molar-refractivity contribution in [1.29, 1.82) is 0 Å². The van der Waals surface area contributed by atoms with Crippen molar-refractivity contribution in [3.05, 3.63) is 42.0 Å². The summed E-state index contributed by atoms with van der Waals surface area (Å²) in [6, 6.07) is 12.6. The van der Waals surface area contributed by atoms with Crippen LogP contribution in [-0.2, 0) is 0 Å². The minimum atomic E-state index is 1.05. The van der Waals surface area contributed by atoms with Crippen molar-refractivity contribution < 1.29 is 0 Å². The van der Waals surface area contributed by atoms with Gasteiger partial charge < -0.3 is 0 Å². The van der Waals surface area contributed by atoms with Crippen LogP contribution in [-0.4, -0.2) is 6.21 Å². The van der Waals surface area contributed by atoms with Gasteiger partial charge in [0.25, 0.3) is 0 Å². The van der Waals surface area contributed by atoms with Crippen LogP contribution >= 0.6 is 0 Å². The predicted octanol–water partition coefficient (Wildman–Crippen LogP) is 3.87. The van der Waals surface area contributed by atoms with Gasteiger partial charge in [0.05, 0.1) is 5.69 Å². The van der Waals surface area contributed by atoms with Crippen LogP contribution < -0.4 is 0 Å². The maximum Gasteiger partial charge on any atom is 0.0704 e. The Bertz CT molecular complexity index is 484. The minimum Gasteiger partial charge on any atom is -0.261 e. The van der Waals surface area contributed by atoms with Crippen molar-refractivity contribution >= 4 is 22.7 Å². The summed E-state index contributed by atoms with van der Waals surface area (Å²) < 4.78 is 0. The first kappa shape index (κ1) is 8.95. The molecular formula is C13H13N. The lowest BCUT2D eigenvalue weighted by Crippen LogP contribution is -1.78. The van der Waals surface area contributed by atoms with Crippen LogP contribution in [0.2, 0.25) is 0 Å². The van der Waals surface area contributed by atoms with Gasteiger partial charge in [0.1, 0.15) is 0 Å². The van der Waals surface area contributed by atoms with Crippen LogP contribution in [0.15, 0.2) is 41.4 Å². The Balaban J connectivity index is 2.81. The monoisotopic (exact) mass is 183 g/mol. The van der Waals surface area contributed by atoms with Gasteiger partial charge in [-0.1, -0.05) is 30.3 Å². The summed E-state index contributed by atoms with van der Waals surface area (Å²) >= 11 is 0. The lowest BCUT2D eigenvalue weighted by Gasteiger charge is -2.04. The minimum absolute atomic E-state index is 1.05. The summed E-state index contributed by atoms with van der Waals surface area (Å²) in [7, 11) is 0. The molecule has 0 aromatic heterocycles. The Labute approximate surface area is 84.1 Å². The summed E-state index contributed by atoms with van der Waals surface area (Å²) in [6.45, 7) is 4.07. The third-order valence-corrected chi connectivity index (χ3v) is 2.39. The molecule has 2 aromatic rings. The molecule has 0 amide bonds. The summed E-state index contributed by atoms with van der Waals surface area (Å²) in [5.41, 5.74) is 2.35. The number of nitrogens with zero attached hydrogens (tertiary/aromatic N) is 1. The van der Waals surface area contributed by atoms with Gasteiger partial charge in [0, 0.05) is 11.6 Å². The van der Waals surface area contributed by atoms with Crippen molar-refractivity contribution in [3.8, 4) is 0 Å². The Morgan fingerprint density at radius 2 is 1.71 bits per heavy atom. The SMILES string of the molecule is C/C=N/c1ccc(C)c2ccccc12. The number of hydrogen-bond donors (Lipinski definition) is 0. The van der Waals surface area contributed by atoms with E-state index in [0.29, 0.717) is 0 Å². The van der Waals surface area contributed by atoms with Gasteiger partial charge in [-0.05, 0) is 30.9 Å². The quantitative estimate of drug-likeness (QED) is 0.595. The molecule has 0 spiro atoms. The number of rotatable bonds is 1. The first-order chi connectivity index (χ1) is 6.83. The van der Waals surface area contributed by atoms with E-state index in [2.05, 4.69) is 48.3 Å². The van der Waals surface area contributed by atoms with E-state index in [4.69, 9.17) is 0 Å². The largest absolute Gasteiger partial charge is 0.261 e. The number of aryl methyl sites for hydroxylation is 1. The fourth-order valence-electron chi connectivity index (χ4n) is 1.69. The van der Waals surface area contributed by atoms with Gasteiger partial charge in [0.2, 0.25) is 0 Å². The highest BCUT2D eigenvalue weighted by molar-refractivity contribution is 5.95. The third-order valence-electron chi connectivity index (χ3n) is 2.39. The van der Waals surface area contributed by atoms with E-state index >= 15 is 0 Å². The Morgan fingerprint density at radius 3 is 2.43 bits per heavy atom. The molecule has 0 aliphatic heterocycles. The molecule has 0 N–H and O–H groups in total. The van der Waals surface area contributed by atoms with Gasteiger partial charge in [0.15, 0.2) is 0 Å². The smallest absolute Gasteiger partial charge is 0.0704 e. The van der Waals surface area contributed by atoms with E-state index in [1.165, 1.54) is 16.3 Å².